The second-order valence-corrected chi connectivity index (χ2v) is 9.90. The summed E-state index contributed by atoms with van der Waals surface area (Å²) in [6.07, 6.45) is 3.63. The van der Waals surface area contributed by atoms with E-state index in [1.807, 2.05) is 50.4 Å². The van der Waals surface area contributed by atoms with Crippen LogP contribution >= 0.6 is 0 Å². The van der Waals surface area contributed by atoms with E-state index in [-0.39, 0.29) is 10.8 Å². The molecule has 1 N–H and O–H groups in total. The third-order valence-corrected chi connectivity index (χ3v) is 6.97. The molecule has 1 amide bonds. The molecule has 0 unspecified atom stereocenters. The molecule has 0 radical (unpaired) electrons. The third-order valence-electron chi connectivity index (χ3n) is 5.60. The number of nitrogens with one attached hydrogen (secondary N) is 1. The number of para-hydroxylation sites is 1. The van der Waals surface area contributed by atoms with E-state index in [9.17, 15) is 13.2 Å². The zero-order chi connectivity index (χ0) is 24.3. The Morgan fingerprint density at radius 3 is 2.35 bits per heavy atom. The van der Waals surface area contributed by atoms with E-state index in [0.717, 1.165) is 22.4 Å². The van der Waals surface area contributed by atoms with Crippen molar-refractivity contribution in [2.24, 2.45) is 0 Å². The van der Waals surface area contributed by atoms with E-state index in [0.29, 0.717) is 17.8 Å². The minimum Gasteiger partial charge on any atom is -0.337 e. The first-order valence-corrected chi connectivity index (χ1v) is 12.3. The summed E-state index contributed by atoms with van der Waals surface area (Å²) in [5.74, 6) is -0.170. The molecule has 34 heavy (non-hydrogen) atoms. The van der Waals surface area contributed by atoms with Gasteiger partial charge in [-0.1, -0.05) is 24.3 Å². The van der Waals surface area contributed by atoms with Crippen LogP contribution in [0.3, 0.4) is 0 Å². The molecule has 7 nitrogen and oxygen atoms in total. The van der Waals surface area contributed by atoms with Crippen molar-refractivity contribution in [1.82, 2.24) is 14.7 Å². The molecule has 3 aromatic carbocycles. The Morgan fingerprint density at radius 2 is 1.68 bits per heavy atom. The molecule has 0 aliphatic rings. The Hall–Kier alpha value is -3.91. The highest BCUT2D eigenvalue weighted by atomic mass is 32.2. The first-order chi connectivity index (χ1) is 16.2. The van der Waals surface area contributed by atoms with Gasteiger partial charge >= 0.3 is 0 Å². The van der Waals surface area contributed by atoms with Gasteiger partial charge in [-0.25, -0.2) is 13.1 Å². The molecule has 0 spiro atoms. The molecular formula is C26H26N4O3S. The van der Waals surface area contributed by atoms with Crippen molar-refractivity contribution in [1.29, 1.82) is 0 Å². The largest absolute Gasteiger partial charge is 0.337 e. The van der Waals surface area contributed by atoms with E-state index in [1.54, 1.807) is 65.3 Å². The fraction of sp³-hybridized carbons (Fsp3) is 0.154. The number of hydrogen-bond donors (Lipinski definition) is 1. The molecule has 0 saturated carbocycles. The number of aryl methyl sites for hydroxylation is 2. The Labute approximate surface area is 199 Å². The Kier molecular flexibility index (Phi) is 6.51. The highest BCUT2D eigenvalue weighted by molar-refractivity contribution is 7.92. The molecule has 4 rings (SSSR count). The van der Waals surface area contributed by atoms with E-state index in [1.165, 1.54) is 0 Å². The monoisotopic (exact) mass is 474 g/mol. The lowest BCUT2D eigenvalue weighted by Crippen LogP contribution is -2.26. The second kappa shape index (κ2) is 9.52. The molecule has 8 heteroatoms. The van der Waals surface area contributed by atoms with Crippen LogP contribution in [0.1, 0.15) is 27.0 Å². The maximum atomic E-state index is 12.9. The van der Waals surface area contributed by atoms with E-state index in [4.69, 9.17) is 0 Å². The summed E-state index contributed by atoms with van der Waals surface area (Å²) in [7, 11) is -2.00. The number of sulfonamides is 1. The highest BCUT2D eigenvalue weighted by Crippen LogP contribution is 2.20. The lowest BCUT2D eigenvalue weighted by molar-refractivity contribution is 0.0785. The summed E-state index contributed by atoms with van der Waals surface area (Å²) in [6, 6.07) is 21.2. The summed E-state index contributed by atoms with van der Waals surface area (Å²) >= 11 is 0. The minimum absolute atomic E-state index is 0.170. The number of benzene rings is 3. The van der Waals surface area contributed by atoms with Crippen LogP contribution in [-0.4, -0.2) is 36.1 Å². The lowest BCUT2D eigenvalue weighted by Gasteiger charge is -2.16. The number of carbonyl (C=O) groups is 1. The molecular weight excluding hydrogens is 448 g/mol. The van der Waals surface area contributed by atoms with Gasteiger partial charge < -0.3 is 4.90 Å². The van der Waals surface area contributed by atoms with Gasteiger partial charge in [0, 0.05) is 36.6 Å². The SMILES string of the molecule is Cc1ccc(S(=O)(=O)Nc2ccc(C(=O)N(C)Cc3cnn(-c4ccccc4)c3)cc2)cc1C. The normalized spacial score (nSPS) is 11.3. The van der Waals surface area contributed by atoms with Crippen LogP contribution in [0.15, 0.2) is 90.1 Å². The van der Waals surface area contributed by atoms with Crippen molar-refractivity contribution in [2.75, 3.05) is 11.8 Å². The molecule has 0 aliphatic carbocycles. The predicted octanol–water partition coefficient (Wildman–Crippen LogP) is 4.56. The fourth-order valence-corrected chi connectivity index (χ4v) is 4.65. The maximum Gasteiger partial charge on any atom is 0.261 e. The van der Waals surface area contributed by atoms with E-state index >= 15 is 0 Å². The maximum absolute atomic E-state index is 12.9. The summed E-state index contributed by atoms with van der Waals surface area (Å²) in [5.41, 5.74) is 4.63. The number of anilines is 1. The lowest BCUT2D eigenvalue weighted by atomic mass is 10.1. The first kappa shape index (κ1) is 23.3. The first-order valence-electron chi connectivity index (χ1n) is 10.8. The highest BCUT2D eigenvalue weighted by Gasteiger charge is 2.17. The summed E-state index contributed by atoms with van der Waals surface area (Å²) < 4.78 is 29.8. The summed E-state index contributed by atoms with van der Waals surface area (Å²) in [6.45, 7) is 4.20. The number of nitrogens with zero attached hydrogens (tertiary/aromatic N) is 3. The smallest absolute Gasteiger partial charge is 0.261 e. The number of rotatable bonds is 7. The number of aromatic nitrogens is 2. The van der Waals surface area contributed by atoms with Gasteiger partial charge in [0.15, 0.2) is 0 Å². The van der Waals surface area contributed by atoms with Crippen LogP contribution in [0.4, 0.5) is 5.69 Å². The topological polar surface area (TPSA) is 84.3 Å². The number of amides is 1. The molecule has 0 saturated heterocycles. The van der Waals surface area contributed by atoms with Gasteiger partial charge in [0.2, 0.25) is 0 Å². The van der Waals surface area contributed by atoms with Crippen LogP contribution in [0.25, 0.3) is 5.69 Å². The molecule has 1 aromatic heterocycles. The molecule has 0 bridgehead atoms. The van der Waals surface area contributed by atoms with Crippen LogP contribution in [0.5, 0.6) is 0 Å². The van der Waals surface area contributed by atoms with E-state index in [2.05, 4.69) is 9.82 Å². The molecule has 0 atom stereocenters. The molecule has 0 aliphatic heterocycles. The van der Waals surface area contributed by atoms with Crippen molar-refractivity contribution in [3.63, 3.8) is 0 Å². The van der Waals surface area contributed by atoms with Crippen molar-refractivity contribution >= 4 is 21.6 Å². The molecule has 1 heterocycles. The summed E-state index contributed by atoms with van der Waals surface area (Å²) in [5, 5.41) is 4.37. The summed E-state index contributed by atoms with van der Waals surface area (Å²) in [4.78, 5) is 14.7. The van der Waals surface area contributed by atoms with Gasteiger partial charge in [-0.15, -0.1) is 0 Å². The zero-order valence-electron chi connectivity index (χ0n) is 19.3. The Bertz CT molecular complexity index is 1410. The zero-order valence-corrected chi connectivity index (χ0v) is 20.1. The minimum atomic E-state index is -3.72. The number of carbonyl (C=O) groups excluding carboxylic acids is 1. The van der Waals surface area contributed by atoms with Gasteiger partial charge in [0.25, 0.3) is 15.9 Å². The molecule has 4 aromatic rings. The Morgan fingerprint density at radius 1 is 0.971 bits per heavy atom. The standard InChI is InChI=1S/C26H26N4O3S/c1-19-9-14-25(15-20(19)2)34(32,33)28-23-12-10-22(11-13-23)26(31)29(3)17-21-16-27-30(18-21)24-7-5-4-6-8-24/h4-16,18,28H,17H2,1-3H3. The van der Waals surface area contributed by atoms with Crippen molar-refractivity contribution in [2.45, 2.75) is 25.3 Å². The van der Waals surface area contributed by atoms with Gasteiger partial charge in [-0.3, -0.25) is 9.52 Å². The molecule has 174 valence electrons. The third kappa shape index (κ3) is 5.18. The van der Waals surface area contributed by atoms with Crippen LogP contribution < -0.4 is 4.72 Å². The molecule has 0 fully saturated rings. The average Bonchev–Trinajstić information content (AvgIpc) is 3.29. The number of hydrogen-bond acceptors (Lipinski definition) is 4. The van der Waals surface area contributed by atoms with Crippen LogP contribution in [-0.2, 0) is 16.6 Å². The van der Waals surface area contributed by atoms with Crippen LogP contribution in [0, 0.1) is 13.8 Å². The Balaban J connectivity index is 1.41. The fourth-order valence-electron chi connectivity index (χ4n) is 3.51. The van der Waals surface area contributed by atoms with Crippen LogP contribution in [0.2, 0.25) is 0 Å². The van der Waals surface area contributed by atoms with Gasteiger partial charge in [-0.2, -0.15) is 5.10 Å². The van der Waals surface area contributed by atoms with E-state index < -0.39 is 10.0 Å². The van der Waals surface area contributed by atoms with Crippen molar-refractivity contribution < 1.29 is 13.2 Å². The van der Waals surface area contributed by atoms with Crippen molar-refractivity contribution in [3.8, 4) is 5.69 Å². The van der Waals surface area contributed by atoms with Gasteiger partial charge in [0.05, 0.1) is 16.8 Å². The quantitative estimate of drug-likeness (QED) is 0.426. The van der Waals surface area contributed by atoms with Gasteiger partial charge in [-0.05, 0) is 73.5 Å². The predicted molar refractivity (Wildman–Crippen MR) is 133 cm³/mol. The van der Waals surface area contributed by atoms with Crippen molar-refractivity contribution in [3.05, 3.63) is 107 Å². The van der Waals surface area contributed by atoms with Gasteiger partial charge in [0.1, 0.15) is 0 Å². The second-order valence-electron chi connectivity index (χ2n) is 8.22. The average molecular weight is 475 g/mol.